The number of fused-ring (bicyclic) bond motifs is 1. The van der Waals surface area contributed by atoms with Crippen LogP contribution in [0.1, 0.15) is 56.7 Å². The van der Waals surface area contributed by atoms with E-state index in [2.05, 4.69) is 6.92 Å². The Hall–Kier alpha value is -3.35. The van der Waals surface area contributed by atoms with Crippen molar-refractivity contribution in [1.29, 1.82) is 0 Å². The molecule has 2 aromatic rings. The van der Waals surface area contributed by atoms with E-state index in [9.17, 15) is 14.4 Å². The number of nitrogens with zero attached hydrogens (tertiary/aromatic N) is 2. The molecule has 194 valence electrons. The Labute approximate surface area is 214 Å². The first-order valence-corrected chi connectivity index (χ1v) is 13.0. The molecule has 0 spiro atoms. The summed E-state index contributed by atoms with van der Waals surface area (Å²) in [7, 11) is 0. The zero-order valence-corrected chi connectivity index (χ0v) is 21.7. The Bertz CT molecular complexity index is 1010. The second-order valence-corrected chi connectivity index (χ2v) is 9.12. The predicted molar refractivity (Wildman–Crippen MR) is 138 cm³/mol. The molecule has 0 aliphatic carbocycles. The molecular weight excluding hydrogens is 456 g/mol. The molecule has 0 aromatic heterocycles. The molecule has 3 rings (SSSR count). The monoisotopic (exact) mass is 494 g/mol. The van der Waals surface area contributed by atoms with Crippen molar-refractivity contribution in [2.24, 2.45) is 5.92 Å². The highest BCUT2D eigenvalue weighted by molar-refractivity contribution is 5.85. The number of ether oxygens (including phenoxy) is 2. The molecule has 36 heavy (non-hydrogen) atoms. The van der Waals surface area contributed by atoms with Crippen LogP contribution < -0.4 is 0 Å². The molecule has 7 heteroatoms. The van der Waals surface area contributed by atoms with Crippen LogP contribution in [0.25, 0.3) is 0 Å². The number of benzene rings is 2. The summed E-state index contributed by atoms with van der Waals surface area (Å²) >= 11 is 0. The summed E-state index contributed by atoms with van der Waals surface area (Å²) in [5, 5.41) is 0. The molecule has 0 unspecified atom stereocenters. The Morgan fingerprint density at radius 1 is 0.972 bits per heavy atom. The van der Waals surface area contributed by atoms with Gasteiger partial charge in [-0.15, -0.1) is 0 Å². The van der Waals surface area contributed by atoms with Crippen LogP contribution in [0.2, 0.25) is 0 Å². The van der Waals surface area contributed by atoms with E-state index in [4.69, 9.17) is 9.47 Å². The Morgan fingerprint density at radius 2 is 1.67 bits per heavy atom. The molecule has 0 bridgehead atoms. The van der Waals surface area contributed by atoms with E-state index in [1.807, 2.05) is 61.5 Å². The number of rotatable bonds is 11. The van der Waals surface area contributed by atoms with Crippen molar-refractivity contribution in [1.82, 2.24) is 9.80 Å². The fourth-order valence-electron chi connectivity index (χ4n) is 4.54. The van der Waals surface area contributed by atoms with Crippen molar-refractivity contribution >= 4 is 18.0 Å². The standard InChI is InChI=1S/C29H38N2O5/c1-4-7-15-25(27(32)35-6-3)19-30(5-2)29(34)31-20-24-17-12-11-16-23(24)18-26(31)28(33)36-21-22-13-9-8-10-14-22/h8-14,16-17,25-26H,4-7,15,18-21H2,1-3H3/t25-,26+/m1/s1. The largest absolute Gasteiger partial charge is 0.466 e. The third-order valence-electron chi connectivity index (χ3n) is 6.61. The molecule has 0 N–H and O–H groups in total. The van der Waals surface area contributed by atoms with Crippen molar-refractivity contribution in [3.63, 3.8) is 0 Å². The average molecular weight is 495 g/mol. The van der Waals surface area contributed by atoms with Gasteiger partial charge in [0.2, 0.25) is 0 Å². The maximum Gasteiger partial charge on any atom is 0.329 e. The van der Waals surface area contributed by atoms with Gasteiger partial charge in [-0.2, -0.15) is 0 Å². The van der Waals surface area contributed by atoms with Crippen LogP contribution in [0.5, 0.6) is 0 Å². The van der Waals surface area contributed by atoms with Gasteiger partial charge in [0, 0.05) is 26.1 Å². The smallest absolute Gasteiger partial charge is 0.329 e. The highest BCUT2D eigenvalue weighted by Crippen LogP contribution is 2.26. The summed E-state index contributed by atoms with van der Waals surface area (Å²) < 4.78 is 10.9. The summed E-state index contributed by atoms with van der Waals surface area (Å²) in [4.78, 5) is 42.9. The first-order valence-electron chi connectivity index (χ1n) is 13.0. The lowest BCUT2D eigenvalue weighted by molar-refractivity contribution is -0.152. The number of urea groups is 1. The van der Waals surface area contributed by atoms with Gasteiger partial charge in [0.25, 0.3) is 0 Å². The molecular formula is C29H38N2O5. The number of hydrogen-bond acceptors (Lipinski definition) is 5. The zero-order valence-electron chi connectivity index (χ0n) is 21.7. The Kier molecular flexibility index (Phi) is 10.3. The topological polar surface area (TPSA) is 76.2 Å². The van der Waals surface area contributed by atoms with Crippen LogP contribution in [0.15, 0.2) is 54.6 Å². The third kappa shape index (κ3) is 7.09. The van der Waals surface area contributed by atoms with E-state index in [1.54, 1.807) is 16.7 Å². The summed E-state index contributed by atoms with van der Waals surface area (Å²) in [6.45, 7) is 7.20. The van der Waals surface area contributed by atoms with Crippen LogP contribution in [0.4, 0.5) is 4.79 Å². The highest BCUT2D eigenvalue weighted by atomic mass is 16.5. The Balaban J connectivity index is 1.80. The van der Waals surface area contributed by atoms with Gasteiger partial charge < -0.3 is 19.3 Å². The van der Waals surface area contributed by atoms with Crippen LogP contribution in [-0.2, 0) is 38.6 Å². The van der Waals surface area contributed by atoms with E-state index < -0.39 is 17.9 Å². The molecule has 1 aliphatic heterocycles. The molecule has 1 heterocycles. The van der Waals surface area contributed by atoms with Gasteiger partial charge >= 0.3 is 18.0 Å². The molecule has 0 radical (unpaired) electrons. The predicted octanol–water partition coefficient (Wildman–Crippen LogP) is 4.97. The number of hydrogen-bond donors (Lipinski definition) is 0. The minimum Gasteiger partial charge on any atom is -0.466 e. The summed E-state index contributed by atoms with van der Waals surface area (Å²) in [6, 6.07) is 16.4. The van der Waals surface area contributed by atoms with Crippen molar-refractivity contribution in [3.8, 4) is 0 Å². The average Bonchev–Trinajstić information content (AvgIpc) is 2.91. The molecule has 0 fully saturated rings. The number of carbonyl (C=O) groups is 3. The van der Waals surface area contributed by atoms with Crippen molar-refractivity contribution < 1.29 is 23.9 Å². The maximum absolute atomic E-state index is 13.8. The van der Waals surface area contributed by atoms with Gasteiger partial charge in [0.15, 0.2) is 0 Å². The molecule has 2 amide bonds. The first kappa shape index (κ1) is 27.2. The number of esters is 2. The van der Waals surface area contributed by atoms with Crippen LogP contribution in [0, 0.1) is 5.92 Å². The first-order chi connectivity index (χ1) is 17.5. The van der Waals surface area contributed by atoms with Crippen LogP contribution in [0.3, 0.4) is 0 Å². The van der Waals surface area contributed by atoms with Gasteiger partial charge in [0.05, 0.1) is 12.5 Å². The van der Waals surface area contributed by atoms with E-state index >= 15 is 0 Å². The molecule has 2 atom stereocenters. The lowest BCUT2D eigenvalue weighted by Crippen LogP contribution is -2.54. The zero-order chi connectivity index (χ0) is 25.9. The van der Waals surface area contributed by atoms with E-state index in [0.29, 0.717) is 32.5 Å². The van der Waals surface area contributed by atoms with Gasteiger partial charge in [-0.3, -0.25) is 4.79 Å². The highest BCUT2D eigenvalue weighted by Gasteiger charge is 2.38. The van der Waals surface area contributed by atoms with Gasteiger partial charge in [-0.05, 0) is 37.0 Å². The number of amides is 2. The summed E-state index contributed by atoms with van der Waals surface area (Å²) in [5.41, 5.74) is 2.95. The summed E-state index contributed by atoms with van der Waals surface area (Å²) in [6.07, 6.45) is 2.88. The molecule has 0 saturated carbocycles. The number of carbonyl (C=O) groups excluding carboxylic acids is 3. The second-order valence-electron chi connectivity index (χ2n) is 9.12. The molecule has 7 nitrogen and oxygen atoms in total. The SMILES string of the molecule is CCCC[C@H](CN(CC)C(=O)N1Cc2ccccc2C[C@H]1C(=O)OCc1ccccc1)C(=O)OCC. The number of unbranched alkanes of at least 4 members (excludes halogenated alkanes) is 1. The quantitative estimate of drug-likeness (QED) is 0.413. The fourth-order valence-corrected chi connectivity index (χ4v) is 4.54. The molecule has 1 aliphatic rings. The summed E-state index contributed by atoms with van der Waals surface area (Å²) in [5.74, 6) is -1.10. The minimum absolute atomic E-state index is 0.152. The van der Waals surface area contributed by atoms with E-state index in [1.165, 1.54) is 0 Å². The molecule has 2 aromatic carbocycles. The van der Waals surface area contributed by atoms with Gasteiger partial charge in [-0.1, -0.05) is 74.4 Å². The minimum atomic E-state index is -0.734. The van der Waals surface area contributed by atoms with Crippen LogP contribution in [-0.4, -0.2) is 53.5 Å². The second kappa shape index (κ2) is 13.7. The normalized spacial score (nSPS) is 15.5. The van der Waals surface area contributed by atoms with E-state index in [-0.39, 0.29) is 25.2 Å². The van der Waals surface area contributed by atoms with Gasteiger partial charge in [-0.25, -0.2) is 9.59 Å². The van der Waals surface area contributed by atoms with Crippen molar-refractivity contribution in [2.45, 2.75) is 65.6 Å². The maximum atomic E-state index is 13.8. The van der Waals surface area contributed by atoms with Crippen molar-refractivity contribution in [2.75, 3.05) is 19.7 Å². The van der Waals surface area contributed by atoms with Crippen molar-refractivity contribution in [3.05, 3.63) is 71.3 Å². The molecule has 0 saturated heterocycles. The lowest BCUT2D eigenvalue weighted by Gasteiger charge is -2.39. The third-order valence-corrected chi connectivity index (χ3v) is 6.61. The van der Waals surface area contributed by atoms with E-state index in [0.717, 1.165) is 29.5 Å². The Morgan fingerprint density at radius 3 is 2.33 bits per heavy atom. The fraction of sp³-hybridized carbons (Fsp3) is 0.483. The van der Waals surface area contributed by atoms with Gasteiger partial charge in [0.1, 0.15) is 12.6 Å². The lowest BCUT2D eigenvalue weighted by atomic mass is 9.94. The van der Waals surface area contributed by atoms with Crippen LogP contribution >= 0.6 is 0 Å².